The normalized spacial score (nSPS) is 11.5. The smallest absolute Gasteiger partial charge is 0.239 e. The molecule has 0 aliphatic heterocycles. The van der Waals surface area contributed by atoms with Gasteiger partial charge in [0.2, 0.25) is 7.41 Å². The van der Waals surface area contributed by atoms with Gasteiger partial charge in [0.05, 0.1) is 0 Å². The summed E-state index contributed by atoms with van der Waals surface area (Å²) in [6.07, 6.45) is 0. The van der Waals surface area contributed by atoms with Crippen molar-refractivity contribution in [1.29, 1.82) is 0 Å². The van der Waals surface area contributed by atoms with Crippen LogP contribution in [0, 0.1) is 5.82 Å². The molecule has 0 aliphatic carbocycles. The molecule has 1 nitrogen and oxygen atoms in total. The minimum atomic E-state index is -0.167. The monoisotopic (exact) mass is 207 g/mol. The molecule has 0 saturated heterocycles. The molecule has 15 heavy (non-hydrogen) atoms. The van der Waals surface area contributed by atoms with E-state index in [0.717, 1.165) is 7.41 Å². The maximum Gasteiger partial charge on any atom is 0.239 e. The average molecular weight is 207 g/mol. The van der Waals surface area contributed by atoms with E-state index in [1.807, 2.05) is 12.1 Å². The van der Waals surface area contributed by atoms with Crippen LogP contribution in [0.25, 0.3) is 0 Å². The topological polar surface area (TPSA) is 3.24 Å². The third-order valence-electron chi connectivity index (χ3n) is 2.60. The molecule has 0 radical (unpaired) electrons. The van der Waals surface area contributed by atoms with Crippen molar-refractivity contribution in [2.24, 2.45) is 0 Å². The van der Waals surface area contributed by atoms with Crippen LogP contribution in [-0.4, -0.2) is 24.3 Å². The molecule has 1 aromatic carbocycles. The molecular weight excluding hydrogens is 188 g/mol. The highest BCUT2D eigenvalue weighted by molar-refractivity contribution is 6.50. The summed E-state index contributed by atoms with van der Waals surface area (Å²) < 4.78 is 12.7. The van der Waals surface area contributed by atoms with Crippen molar-refractivity contribution < 1.29 is 4.39 Å². The summed E-state index contributed by atoms with van der Waals surface area (Å²) in [4.78, 5) is 2.38. The van der Waals surface area contributed by atoms with Crippen LogP contribution in [-0.2, 0) is 0 Å². The molecule has 0 heterocycles. The third-order valence-corrected chi connectivity index (χ3v) is 2.60. The van der Waals surface area contributed by atoms with Crippen LogP contribution in [0.1, 0.15) is 27.7 Å². The Balaban J connectivity index is 2.70. The molecule has 0 saturated carbocycles. The maximum absolute atomic E-state index is 12.7. The van der Waals surface area contributed by atoms with Crippen molar-refractivity contribution in [2.45, 2.75) is 39.8 Å². The van der Waals surface area contributed by atoms with Gasteiger partial charge in [-0.25, -0.2) is 4.39 Å². The lowest BCUT2D eigenvalue weighted by Gasteiger charge is -2.30. The molecule has 0 spiro atoms. The van der Waals surface area contributed by atoms with E-state index in [1.54, 1.807) is 0 Å². The minimum Gasteiger partial charge on any atom is -0.337 e. The van der Waals surface area contributed by atoms with Crippen molar-refractivity contribution in [3.8, 4) is 0 Å². The van der Waals surface area contributed by atoms with Crippen LogP contribution in [0.5, 0.6) is 0 Å². The van der Waals surface area contributed by atoms with E-state index >= 15 is 0 Å². The van der Waals surface area contributed by atoms with E-state index in [9.17, 15) is 4.39 Å². The zero-order chi connectivity index (χ0) is 11.4. The highest BCUT2D eigenvalue weighted by atomic mass is 19.1. The first-order valence-corrected chi connectivity index (χ1v) is 5.51. The van der Waals surface area contributed by atoms with Gasteiger partial charge >= 0.3 is 0 Å². The zero-order valence-corrected chi connectivity index (χ0v) is 10.00. The molecule has 0 aliphatic rings. The predicted octanol–water partition coefficient (Wildman–Crippen LogP) is 1.92. The summed E-state index contributed by atoms with van der Waals surface area (Å²) in [5, 5.41) is 0. The van der Waals surface area contributed by atoms with E-state index in [4.69, 9.17) is 0 Å². The second-order valence-electron chi connectivity index (χ2n) is 4.49. The van der Waals surface area contributed by atoms with E-state index < -0.39 is 0 Å². The summed E-state index contributed by atoms with van der Waals surface area (Å²) >= 11 is 0. The van der Waals surface area contributed by atoms with Crippen molar-refractivity contribution in [3.63, 3.8) is 0 Å². The van der Waals surface area contributed by atoms with Crippen LogP contribution in [0.3, 0.4) is 0 Å². The second kappa shape index (κ2) is 5.31. The minimum absolute atomic E-state index is 0.167. The summed E-state index contributed by atoms with van der Waals surface area (Å²) in [6.45, 7) is 8.74. The first kappa shape index (κ1) is 12.2. The molecule has 3 heteroatoms. The molecule has 0 bridgehead atoms. The van der Waals surface area contributed by atoms with Gasteiger partial charge in [-0.05, 0) is 24.2 Å². The molecular formula is C12H19BFN. The Morgan fingerprint density at radius 3 is 1.87 bits per heavy atom. The molecule has 82 valence electrons. The van der Waals surface area contributed by atoms with Crippen LogP contribution in [0.15, 0.2) is 24.3 Å². The summed E-state index contributed by atoms with van der Waals surface area (Å²) in [6, 6.07) is 7.77. The number of rotatable bonds is 4. The van der Waals surface area contributed by atoms with Crippen molar-refractivity contribution in [1.82, 2.24) is 4.81 Å². The Hall–Kier alpha value is -0.825. The molecule has 0 aromatic heterocycles. The maximum atomic E-state index is 12.7. The fourth-order valence-corrected chi connectivity index (χ4v) is 1.76. The van der Waals surface area contributed by atoms with Gasteiger partial charge in [-0.1, -0.05) is 45.3 Å². The molecule has 0 N–H and O–H groups in total. The van der Waals surface area contributed by atoms with E-state index in [2.05, 4.69) is 32.5 Å². The van der Waals surface area contributed by atoms with E-state index in [0.29, 0.717) is 12.1 Å². The quantitative estimate of drug-likeness (QED) is 0.682. The number of halogens is 1. The van der Waals surface area contributed by atoms with Crippen LogP contribution in [0.4, 0.5) is 4.39 Å². The predicted molar refractivity (Wildman–Crippen MR) is 65.3 cm³/mol. The van der Waals surface area contributed by atoms with Gasteiger partial charge in [-0.15, -0.1) is 0 Å². The molecule has 0 fully saturated rings. The lowest BCUT2D eigenvalue weighted by Crippen LogP contribution is -2.45. The zero-order valence-electron chi connectivity index (χ0n) is 10.00. The Morgan fingerprint density at radius 2 is 1.47 bits per heavy atom. The third kappa shape index (κ3) is 3.67. The van der Waals surface area contributed by atoms with Gasteiger partial charge in [0, 0.05) is 0 Å². The standard InChI is InChI=1S/C12H19BFN/c1-9(2)15(10(3)4)13-11-5-7-12(14)8-6-11/h5-10,13H,1-4H3. The Bertz CT molecular complexity index is 287. The first-order chi connectivity index (χ1) is 7.00. The molecule has 1 aromatic rings. The lowest BCUT2D eigenvalue weighted by molar-refractivity contribution is 0.315. The summed E-state index contributed by atoms with van der Waals surface area (Å²) in [7, 11) is 0.885. The fourth-order valence-electron chi connectivity index (χ4n) is 1.76. The van der Waals surface area contributed by atoms with Gasteiger partial charge < -0.3 is 4.81 Å². The van der Waals surface area contributed by atoms with Crippen molar-refractivity contribution in [3.05, 3.63) is 30.1 Å². The number of hydrogen-bond donors (Lipinski definition) is 0. The fraction of sp³-hybridized carbons (Fsp3) is 0.500. The van der Waals surface area contributed by atoms with E-state index in [-0.39, 0.29) is 5.82 Å². The van der Waals surface area contributed by atoms with Crippen molar-refractivity contribution in [2.75, 3.05) is 0 Å². The van der Waals surface area contributed by atoms with Gasteiger partial charge in [0.15, 0.2) is 0 Å². The molecule has 0 unspecified atom stereocenters. The number of hydrogen-bond acceptors (Lipinski definition) is 1. The van der Waals surface area contributed by atoms with Gasteiger partial charge in [0.25, 0.3) is 0 Å². The Labute approximate surface area is 92.6 Å². The van der Waals surface area contributed by atoms with Gasteiger partial charge in [-0.2, -0.15) is 0 Å². The first-order valence-electron chi connectivity index (χ1n) is 5.51. The SMILES string of the molecule is CC(C)N(Bc1ccc(F)cc1)C(C)C. The van der Waals surface area contributed by atoms with Gasteiger partial charge in [0.1, 0.15) is 5.82 Å². The average Bonchev–Trinajstić information content (AvgIpc) is 2.15. The van der Waals surface area contributed by atoms with Crippen LogP contribution < -0.4 is 5.46 Å². The van der Waals surface area contributed by atoms with Crippen molar-refractivity contribution >= 4 is 12.9 Å². The second-order valence-corrected chi connectivity index (χ2v) is 4.49. The van der Waals surface area contributed by atoms with Crippen LogP contribution >= 0.6 is 0 Å². The molecule has 0 amide bonds. The summed E-state index contributed by atoms with van der Waals surface area (Å²) in [5.41, 5.74) is 1.17. The Morgan fingerprint density at radius 1 is 1.00 bits per heavy atom. The highest BCUT2D eigenvalue weighted by Crippen LogP contribution is 2.03. The Kier molecular flexibility index (Phi) is 4.34. The highest BCUT2D eigenvalue weighted by Gasteiger charge is 2.14. The molecule has 0 atom stereocenters. The van der Waals surface area contributed by atoms with Gasteiger partial charge in [-0.3, -0.25) is 0 Å². The van der Waals surface area contributed by atoms with Crippen LogP contribution in [0.2, 0.25) is 0 Å². The summed E-state index contributed by atoms with van der Waals surface area (Å²) in [5.74, 6) is -0.167. The molecule has 1 rings (SSSR count). The largest absolute Gasteiger partial charge is 0.337 e. The number of nitrogens with zero attached hydrogens (tertiary/aromatic N) is 1. The van der Waals surface area contributed by atoms with E-state index in [1.165, 1.54) is 17.6 Å². The number of benzene rings is 1. The lowest BCUT2D eigenvalue weighted by atomic mass is 9.78.